The first-order valence-corrected chi connectivity index (χ1v) is 14.2. The highest BCUT2D eigenvalue weighted by molar-refractivity contribution is 5.90. The molecular weight excluding hydrogens is 604 g/mol. The van der Waals surface area contributed by atoms with Crippen molar-refractivity contribution in [1.82, 2.24) is 24.5 Å². The SMILES string of the molecule is COC(=O)c1cnn(-c2cccc(-c3cc(F)ccc3CCc3ccc(OCCCn4cc(C#N)cn4)cc3C)n2)c1C(F)(F)F. The summed E-state index contributed by atoms with van der Waals surface area (Å²) in [5, 5.41) is 16.8. The van der Waals surface area contributed by atoms with Crippen molar-refractivity contribution in [3.8, 4) is 28.9 Å². The van der Waals surface area contributed by atoms with Gasteiger partial charge in [0.1, 0.15) is 23.2 Å². The van der Waals surface area contributed by atoms with Gasteiger partial charge in [-0.1, -0.05) is 18.2 Å². The lowest BCUT2D eigenvalue weighted by Crippen LogP contribution is -2.18. The number of benzene rings is 2. The number of nitrogens with zero attached hydrogens (tertiary/aromatic N) is 6. The van der Waals surface area contributed by atoms with E-state index in [4.69, 9.17) is 10.00 Å². The minimum absolute atomic E-state index is 0.196. The molecule has 0 saturated carbocycles. The first-order chi connectivity index (χ1) is 22.1. The summed E-state index contributed by atoms with van der Waals surface area (Å²) in [6.45, 7) is 3.06. The van der Waals surface area contributed by atoms with Crippen LogP contribution in [-0.4, -0.2) is 44.2 Å². The van der Waals surface area contributed by atoms with Gasteiger partial charge in [0.2, 0.25) is 0 Å². The summed E-state index contributed by atoms with van der Waals surface area (Å²) in [7, 11) is 0.979. The van der Waals surface area contributed by atoms with Crippen molar-refractivity contribution in [1.29, 1.82) is 5.26 Å². The molecule has 5 aromatic rings. The molecule has 0 N–H and O–H groups in total. The van der Waals surface area contributed by atoms with E-state index in [2.05, 4.69) is 19.9 Å². The lowest BCUT2D eigenvalue weighted by atomic mass is 9.95. The van der Waals surface area contributed by atoms with E-state index in [9.17, 15) is 22.4 Å². The highest BCUT2D eigenvalue weighted by Gasteiger charge is 2.41. The summed E-state index contributed by atoms with van der Waals surface area (Å²) in [6, 6.07) is 16.5. The number of rotatable bonds is 11. The Balaban J connectivity index is 1.31. The minimum atomic E-state index is -4.93. The smallest absolute Gasteiger partial charge is 0.434 e. The van der Waals surface area contributed by atoms with Crippen molar-refractivity contribution in [2.75, 3.05) is 13.7 Å². The Labute approximate surface area is 261 Å². The van der Waals surface area contributed by atoms with Crippen molar-refractivity contribution in [3.05, 3.63) is 113 Å². The Bertz CT molecular complexity index is 1910. The molecule has 0 unspecified atom stereocenters. The van der Waals surface area contributed by atoms with Crippen LogP contribution in [0.1, 0.15) is 44.7 Å². The highest BCUT2D eigenvalue weighted by atomic mass is 19.4. The summed E-state index contributed by atoms with van der Waals surface area (Å²) < 4.78 is 69.0. The fraction of sp³-hybridized carbons (Fsp3) is 0.242. The minimum Gasteiger partial charge on any atom is -0.494 e. The van der Waals surface area contributed by atoms with Gasteiger partial charge in [0.25, 0.3) is 0 Å². The quantitative estimate of drug-likeness (QED) is 0.0928. The molecule has 5 rings (SSSR count). The number of nitriles is 1. The van der Waals surface area contributed by atoms with Crippen LogP contribution in [0.4, 0.5) is 17.6 Å². The van der Waals surface area contributed by atoms with E-state index < -0.39 is 29.2 Å². The predicted octanol–water partition coefficient (Wildman–Crippen LogP) is 6.51. The number of halogens is 4. The molecule has 9 nitrogen and oxygen atoms in total. The van der Waals surface area contributed by atoms with Crippen LogP contribution in [0.25, 0.3) is 17.1 Å². The zero-order chi connectivity index (χ0) is 32.8. The topological polar surface area (TPSA) is 108 Å². The molecule has 236 valence electrons. The molecule has 3 heterocycles. The third-order valence-corrected chi connectivity index (χ3v) is 7.28. The number of carbonyl (C=O) groups excluding carboxylic acids is 1. The zero-order valence-electron chi connectivity index (χ0n) is 24.9. The fourth-order valence-corrected chi connectivity index (χ4v) is 5.02. The number of aryl methyl sites for hydroxylation is 4. The van der Waals surface area contributed by atoms with Gasteiger partial charge in [-0.05, 0) is 72.9 Å². The summed E-state index contributed by atoms with van der Waals surface area (Å²) >= 11 is 0. The van der Waals surface area contributed by atoms with Crippen LogP contribution in [0.5, 0.6) is 5.75 Å². The number of methoxy groups -OCH3 is 1. The standard InChI is InChI=1S/C33H28F4N6O3/c1-21-15-26(46-14-4-13-42-20-22(17-38)18-39-42)12-10-23(21)7-8-24-9-11-25(34)16-27(24)29-5-3-6-30(41-29)43-31(33(35,36)37)28(19-40-43)32(44)45-2/h3,5-6,9-12,15-16,18-20H,4,7-8,13-14H2,1-2H3. The number of hydrogen-bond donors (Lipinski definition) is 0. The van der Waals surface area contributed by atoms with Crippen molar-refractivity contribution in [3.63, 3.8) is 0 Å². The van der Waals surface area contributed by atoms with Crippen molar-refractivity contribution in [2.24, 2.45) is 0 Å². The van der Waals surface area contributed by atoms with Crippen LogP contribution in [0.15, 0.2) is 73.2 Å². The van der Waals surface area contributed by atoms with Gasteiger partial charge < -0.3 is 9.47 Å². The number of ether oxygens (including phenoxy) is 2. The number of pyridine rings is 1. The second kappa shape index (κ2) is 13.6. The largest absolute Gasteiger partial charge is 0.494 e. The Morgan fingerprint density at radius 1 is 1.02 bits per heavy atom. The maximum absolute atomic E-state index is 14.4. The molecule has 0 aliphatic rings. The normalized spacial score (nSPS) is 11.3. The van der Waals surface area contributed by atoms with Gasteiger partial charge in [0, 0.05) is 24.7 Å². The first-order valence-electron chi connectivity index (χ1n) is 14.2. The second-order valence-corrected chi connectivity index (χ2v) is 10.4. The molecule has 13 heteroatoms. The lowest BCUT2D eigenvalue weighted by Gasteiger charge is -2.14. The zero-order valence-corrected chi connectivity index (χ0v) is 24.9. The average Bonchev–Trinajstić information content (AvgIpc) is 3.71. The van der Waals surface area contributed by atoms with Gasteiger partial charge in [-0.25, -0.2) is 18.9 Å². The Morgan fingerprint density at radius 2 is 1.80 bits per heavy atom. The van der Waals surface area contributed by atoms with Crippen LogP contribution < -0.4 is 4.74 Å². The fourth-order valence-electron chi connectivity index (χ4n) is 5.02. The van der Waals surface area contributed by atoms with Gasteiger partial charge in [-0.15, -0.1) is 0 Å². The molecule has 0 saturated heterocycles. The van der Waals surface area contributed by atoms with Crippen LogP contribution >= 0.6 is 0 Å². The maximum atomic E-state index is 14.4. The molecule has 0 aliphatic heterocycles. The monoisotopic (exact) mass is 632 g/mol. The van der Waals surface area contributed by atoms with E-state index >= 15 is 0 Å². The molecule has 0 aliphatic carbocycles. The van der Waals surface area contributed by atoms with Gasteiger partial charge in [-0.2, -0.15) is 28.6 Å². The van der Waals surface area contributed by atoms with E-state index in [0.29, 0.717) is 48.2 Å². The molecule has 3 aromatic heterocycles. The van der Waals surface area contributed by atoms with Crippen molar-refractivity contribution < 1.29 is 31.8 Å². The molecule has 46 heavy (non-hydrogen) atoms. The Hall–Kier alpha value is -5.51. The molecule has 0 atom stereocenters. The van der Waals surface area contributed by atoms with Gasteiger partial charge in [0.05, 0.1) is 37.4 Å². The molecule has 0 amide bonds. The van der Waals surface area contributed by atoms with E-state index in [1.54, 1.807) is 23.0 Å². The summed E-state index contributed by atoms with van der Waals surface area (Å²) in [5.74, 6) is -1.18. The van der Waals surface area contributed by atoms with Crippen molar-refractivity contribution in [2.45, 2.75) is 38.9 Å². The van der Waals surface area contributed by atoms with E-state index in [-0.39, 0.29) is 11.5 Å². The molecule has 0 bridgehead atoms. The second-order valence-electron chi connectivity index (χ2n) is 10.4. The van der Waals surface area contributed by atoms with E-state index in [0.717, 1.165) is 35.7 Å². The maximum Gasteiger partial charge on any atom is 0.434 e. The van der Waals surface area contributed by atoms with Gasteiger partial charge in [0.15, 0.2) is 11.5 Å². The first kappa shape index (κ1) is 31.9. The lowest BCUT2D eigenvalue weighted by molar-refractivity contribution is -0.143. The van der Waals surface area contributed by atoms with Crippen LogP contribution in [0.3, 0.4) is 0 Å². The highest BCUT2D eigenvalue weighted by Crippen LogP contribution is 2.34. The average molecular weight is 633 g/mol. The third kappa shape index (κ3) is 7.23. The van der Waals surface area contributed by atoms with E-state index in [1.807, 2.05) is 31.2 Å². The Morgan fingerprint density at radius 3 is 2.52 bits per heavy atom. The molecule has 0 fully saturated rings. The molecule has 0 spiro atoms. The van der Waals surface area contributed by atoms with Crippen LogP contribution in [0.2, 0.25) is 0 Å². The summed E-state index contributed by atoms with van der Waals surface area (Å²) in [4.78, 5) is 16.4. The van der Waals surface area contributed by atoms with Gasteiger partial charge in [-0.3, -0.25) is 4.68 Å². The molecule has 0 radical (unpaired) electrons. The number of aromatic nitrogens is 5. The number of hydrogen-bond acceptors (Lipinski definition) is 7. The van der Waals surface area contributed by atoms with Crippen molar-refractivity contribution >= 4 is 5.97 Å². The number of esters is 1. The molecule has 2 aromatic carbocycles. The van der Waals surface area contributed by atoms with Crippen LogP contribution in [0, 0.1) is 24.1 Å². The Kier molecular flexibility index (Phi) is 9.46. The predicted molar refractivity (Wildman–Crippen MR) is 159 cm³/mol. The van der Waals surface area contributed by atoms with E-state index in [1.165, 1.54) is 30.5 Å². The summed E-state index contributed by atoms with van der Waals surface area (Å²) in [5.41, 5.74) is 1.91. The number of alkyl halides is 3. The summed E-state index contributed by atoms with van der Waals surface area (Å²) in [6.07, 6.45) is 0.864. The van der Waals surface area contributed by atoms with Crippen LogP contribution in [-0.2, 0) is 30.3 Å². The third-order valence-electron chi connectivity index (χ3n) is 7.28. The number of carbonyl (C=O) groups is 1. The molecular formula is C33H28F4N6O3. The van der Waals surface area contributed by atoms with Gasteiger partial charge >= 0.3 is 12.1 Å².